The molecule has 1 fully saturated rings. The number of alkyl halides is 3. The van der Waals surface area contributed by atoms with Gasteiger partial charge in [-0.1, -0.05) is 12.1 Å². The number of nitrogens with one attached hydrogen (secondary N) is 1. The number of aryl methyl sites for hydroxylation is 1. The van der Waals surface area contributed by atoms with E-state index in [-0.39, 0.29) is 11.2 Å². The van der Waals surface area contributed by atoms with Crippen LogP contribution in [0.5, 0.6) is 5.75 Å². The van der Waals surface area contributed by atoms with Gasteiger partial charge in [-0.3, -0.25) is 9.78 Å². The summed E-state index contributed by atoms with van der Waals surface area (Å²) in [5.41, 5.74) is 2.83. The molecule has 2 aliphatic heterocycles. The Hall–Kier alpha value is -3.59. The molecular weight excluding hydrogens is 483 g/mol. The SMILES string of the molecule is Cc1ccc(NC(=O)c2ccnc(C(F)(F)F)c2)cc1-c1ccc2c(c1)OC1(CCOCC1)CCN2C. The number of amides is 1. The topological polar surface area (TPSA) is 63.7 Å². The fraction of sp³-hybridized carbons (Fsp3) is 0.357. The number of ether oxygens (including phenoxy) is 2. The lowest BCUT2D eigenvalue weighted by molar-refractivity contribution is -0.141. The summed E-state index contributed by atoms with van der Waals surface area (Å²) in [5, 5.41) is 2.71. The molecule has 3 aromatic rings. The first-order valence-corrected chi connectivity index (χ1v) is 12.2. The maximum Gasteiger partial charge on any atom is 0.433 e. The molecule has 2 aliphatic rings. The normalized spacial score (nSPS) is 17.1. The molecule has 194 valence electrons. The smallest absolute Gasteiger partial charge is 0.433 e. The number of pyridine rings is 1. The van der Waals surface area contributed by atoms with Crippen molar-refractivity contribution in [1.29, 1.82) is 0 Å². The predicted octanol–water partition coefficient (Wildman–Crippen LogP) is 6.10. The second kappa shape index (κ2) is 9.70. The number of hydrogen-bond donors (Lipinski definition) is 1. The lowest BCUT2D eigenvalue weighted by Gasteiger charge is -2.36. The van der Waals surface area contributed by atoms with Crippen LogP contribution >= 0.6 is 0 Å². The number of carbonyl (C=O) groups is 1. The van der Waals surface area contributed by atoms with Crippen molar-refractivity contribution in [2.45, 2.75) is 38.0 Å². The Kier molecular flexibility index (Phi) is 6.58. The third-order valence-electron chi connectivity index (χ3n) is 7.12. The van der Waals surface area contributed by atoms with Gasteiger partial charge in [-0.25, -0.2) is 0 Å². The average molecular weight is 512 g/mol. The molecule has 0 atom stereocenters. The molecule has 1 aromatic heterocycles. The van der Waals surface area contributed by atoms with Crippen LogP contribution in [-0.2, 0) is 10.9 Å². The standard InChI is InChI=1S/C28H28F3N3O3/c1-18-3-5-21(33-26(35)20-7-11-32-25(16-20)28(29,30)31)17-22(18)19-4-6-23-24(15-19)37-27(8-12-34(23)2)9-13-36-14-10-27/h3-7,11,15-17H,8-10,12-14H2,1-2H3,(H,33,35). The van der Waals surface area contributed by atoms with Crippen LogP contribution in [0.3, 0.4) is 0 Å². The zero-order valence-corrected chi connectivity index (χ0v) is 20.7. The Morgan fingerprint density at radius 3 is 2.59 bits per heavy atom. The lowest BCUT2D eigenvalue weighted by atomic mass is 9.90. The molecule has 1 amide bonds. The highest BCUT2D eigenvalue weighted by Crippen LogP contribution is 2.42. The predicted molar refractivity (Wildman–Crippen MR) is 135 cm³/mol. The lowest BCUT2D eigenvalue weighted by Crippen LogP contribution is -2.42. The third-order valence-corrected chi connectivity index (χ3v) is 7.12. The Balaban J connectivity index is 1.43. The van der Waals surface area contributed by atoms with Gasteiger partial charge in [0.15, 0.2) is 0 Å². The summed E-state index contributed by atoms with van der Waals surface area (Å²) in [6.07, 6.45) is -1.04. The second-order valence-electron chi connectivity index (χ2n) is 9.66. The Morgan fingerprint density at radius 1 is 1.05 bits per heavy atom. The minimum absolute atomic E-state index is 0.118. The van der Waals surface area contributed by atoms with Gasteiger partial charge in [0.1, 0.15) is 17.0 Å². The quantitative estimate of drug-likeness (QED) is 0.461. The van der Waals surface area contributed by atoms with Gasteiger partial charge in [-0.15, -0.1) is 0 Å². The van der Waals surface area contributed by atoms with Gasteiger partial charge in [-0.05, 0) is 60.0 Å². The molecule has 5 rings (SSSR count). The molecule has 1 N–H and O–H groups in total. The van der Waals surface area contributed by atoms with Gasteiger partial charge in [-0.2, -0.15) is 13.2 Å². The summed E-state index contributed by atoms with van der Waals surface area (Å²) in [5.74, 6) is 0.167. The average Bonchev–Trinajstić information content (AvgIpc) is 3.01. The second-order valence-corrected chi connectivity index (χ2v) is 9.66. The molecule has 0 bridgehead atoms. The van der Waals surface area contributed by atoms with Crippen LogP contribution in [0.4, 0.5) is 24.5 Å². The molecule has 1 saturated heterocycles. The molecule has 0 aliphatic carbocycles. The maximum atomic E-state index is 13.0. The van der Waals surface area contributed by atoms with Crippen molar-refractivity contribution in [3.8, 4) is 16.9 Å². The van der Waals surface area contributed by atoms with Gasteiger partial charge in [0.2, 0.25) is 0 Å². The fourth-order valence-electron chi connectivity index (χ4n) is 4.89. The van der Waals surface area contributed by atoms with Gasteiger partial charge >= 0.3 is 6.18 Å². The Morgan fingerprint density at radius 2 is 1.84 bits per heavy atom. The zero-order chi connectivity index (χ0) is 26.2. The molecule has 37 heavy (non-hydrogen) atoms. The van der Waals surface area contributed by atoms with Crippen LogP contribution in [0.25, 0.3) is 11.1 Å². The van der Waals surface area contributed by atoms with Crippen LogP contribution in [0.1, 0.15) is 40.9 Å². The highest BCUT2D eigenvalue weighted by Gasteiger charge is 2.38. The van der Waals surface area contributed by atoms with Gasteiger partial charge < -0.3 is 19.7 Å². The van der Waals surface area contributed by atoms with E-state index in [1.807, 2.05) is 37.3 Å². The zero-order valence-electron chi connectivity index (χ0n) is 20.7. The number of halogens is 3. The highest BCUT2D eigenvalue weighted by molar-refractivity contribution is 6.04. The molecular formula is C28H28F3N3O3. The number of anilines is 2. The summed E-state index contributed by atoms with van der Waals surface area (Å²) >= 11 is 0. The number of nitrogens with zero attached hydrogens (tertiary/aromatic N) is 2. The molecule has 0 unspecified atom stereocenters. The van der Waals surface area contributed by atoms with E-state index in [9.17, 15) is 18.0 Å². The van der Waals surface area contributed by atoms with Crippen molar-refractivity contribution in [2.75, 3.05) is 37.0 Å². The van der Waals surface area contributed by atoms with Crippen LogP contribution in [0.15, 0.2) is 54.7 Å². The Bertz CT molecular complexity index is 1320. The highest BCUT2D eigenvalue weighted by atomic mass is 19.4. The van der Waals surface area contributed by atoms with Crippen LogP contribution in [0, 0.1) is 6.92 Å². The van der Waals surface area contributed by atoms with Crippen LogP contribution in [0.2, 0.25) is 0 Å². The number of hydrogen-bond acceptors (Lipinski definition) is 5. The molecule has 0 radical (unpaired) electrons. The molecule has 2 aromatic carbocycles. The van der Waals surface area contributed by atoms with Gasteiger partial charge in [0, 0.05) is 50.3 Å². The number of benzene rings is 2. The summed E-state index contributed by atoms with van der Waals surface area (Å²) < 4.78 is 51.3. The first kappa shape index (κ1) is 25.1. The van der Waals surface area contributed by atoms with Crippen molar-refractivity contribution in [3.63, 3.8) is 0 Å². The minimum Gasteiger partial charge on any atom is -0.485 e. The summed E-state index contributed by atoms with van der Waals surface area (Å²) in [4.78, 5) is 18.2. The summed E-state index contributed by atoms with van der Waals surface area (Å²) in [7, 11) is 2.06. The van der Waals surface area contributed by atoms with Crippen molar-refractivity contribution < 1.29 is 27.4 Å². The number of carbonyl (C=O) groups excluding carboxylic acids is 1. The van der Waals surface area contributed by atoms with Gasteiger partial charge in [0.25, 0.3) is 5.91 Å². The molecule has 9 heteroatoms. The first-order chi connectivity index (χ1) is 17.6. The van der Waals surface area contributed by atoms with E-state index in [0.717, 1.165) is 66.2 Å². The van der Waals surface area contributed by atoms with Gasteiger partial charge in [0.05, 0.1) is 18.9 Å². The van der Waals surface area contributed by atoms with Crippen molar-refractivity contribution >= 4 is 17.3 Å². The molecule has 1 spiro atoms. The maximum absolute atomic E-state index is 13.0. The van der Waals surface area contributed by atoms with Crippen LogP contribution < -0.4 is 15.0 Å². The van der Waals surface area contributed by atoms with E-state index < -0.39 is 17.8 Å². The summed E-state index contributed by atoms with van der Waals surface area (Å²) in [6.45, 7) is 4.22. The van der Waals surface area contributed by atoms with E-state index in [0.29, 0.717) is 18.9 Å². The largest absolute Gasteiger partial charge is 0.485 e. The number of aromatic nitrogens is 1. The van der Waals surface area contributed by atoms with E-state index in [2.05, 4.69) is 22.2 Å². The van der Waals surface area contributed by atoms with Crippen molar-refractivity contribution in [1.82, 2.24) is 4.98 Å². The molecule has 3 heterocycles. The van der Waals surface area contributed by atoms with E-state index >= 15 is 0 Å². The number of fused-ring (bicyclic) bond motifs is 1. The van der Waals surface area contributed by atoms with E-state index in [1.165, 1.54) is 6.07 Å². The first-order valence-electron chi connectivity index (χ1n) is 12.2. The summed E-state index contributed by atoms with van der Waals surface area (Å²) in [6, 6.07) is 13.5. The molecule has 0 saturated carbocycles. The fourth-order valence-corrected chi connectivity index (χ4v) is 4.89. The molecule has 6 nitrogen and oxygen atoms in total. The van der Waals surface area contributed by atoms with Crippen molar-refractivity contribution in [3.05, 3.63) is 71.5 Å². The third kappa shape index (κ3) is 5.27. The monoisotopic (exact) mass is 511 g/mol. The van der Waals surface area contributed by atoms with Crippen LogP contribution in [-0.4, -0.2) is 43.3 Å². The van der Waals surface area contributed by atoms with Crippen molar-refractivity contribution in [2.24, 2.45) is 0 Å². The Labute approximate surface area is 213 Å². The van der Waals surface area contributed by atoms with E-state index in [4.69, 9.17) is 9.47 Å². The number of rotatable bonds is 3. The van der Waals surface area contributed by atoms with E-state index in [1.54, 1.807) is 6.07 Å². The minimum atomic E-state index is -4.63.